The predicted octanol–water partition coefficient (Wildman–Crippen LogP) is 2.96. The molecule has 23 heavy (non-hydrogen) atoms. The zero-order chi connectivity index (χ0) is 16.2. The van der Waals surface area contributed by atoms with Crippen molar-refractivity contribution in [3.8, 4) is 0 Å². The van der Waals surface area contributed by atoms with Gasteiger partial charge in [0.05, 0.1) is 10.4 Å². The first-order valence-electron chi connectivity index (χ1n) is 7.12. The SMILES string of the molecule is O=C1c2ccc3c(ccn3S(=O)(=O)c3ccccc3)c2CC1F. The average Bonchev–Trinajstić information content (AvgIpc) is 3.11. The van der Waals surface area contributed by atoms with Gasteiger partial charge in [0.15, 0.2) is 12.0 Å². The summed E-state index contributed by atoms with van der Waals surface area (Å²) in [6.07, 6.45) is -0.0887. The van der Waals surface area contributed by atoms with Gasteiger partial charge in [-0.1, -0.05) is 18.2 Å². The lowest BCUT2D eigenvalue weighted by Crippen LogP contribution is -2.11. The van der Waals surface area contributed by atoms with Crippen LogP contribution < -0.4 is 0 Å². The quantitative estimate of drug-likeness (QED) is 0.726. The number of nitrogens with zero attached hydrogens (tertiary/aromatic N) is 1. The van der Waals surface area contributed by atoms with Gasteiger partial charge in [0.1, 0.15) is 0 Å². The second-order valence-electron chi connectivity index (χ2n) is 5.49. The second-order valence-corrected chi connectivity index (χ2v) is 7.30. The lowest BCUT2D eigenvalue weighted by Gasteiger charge is -2.08. The highest BCUT2D eigenvalue weighted by Crippen LogP contribution is 2.33. The van der Waals surface area contributed by atoms with E-state index in [4.69, 9.17) is 0 Å². The third-order valence-electron chi connectivity index (χ3n) is 4.18. The molecule has 6 heteroatoms. The fourth-order valence-corrected chi connectivity index (χ4v) is 4.43. The third kappa shape index (κ3) is 1.95. The number of aromatic nitrogens is 1. The minimum absolute atomic E-state index is 0.000897. The Morgan fingerprint density at radius 1 is 1.04 bits per heavy atom. The Bertz CT molecular complexity index is 1040. The van der Waals surface area contributed by atoms with E-state index < -0.39 is 22.0 Å². The van der Waals surface area contributed by atoms with E-state index in [9.17, 15) is 17.6 Å². The molecule has 0 saturated heterocycles. The van der Waals surface area contributed by atoms with Gasteiger partial charge >= 0.3 is 0 Å². The van der Waals surface area contributed by atoms with E-state index in [0.717, 1.165) is 0 Å². The molecule has 0 aliphatic heterocycles. The highest BCUT2D eigenvalue weighted by Gasteiger charge is 2.32. The number of fused-ring (bicyclic) bond motifs is 3. The Kier molecular flexibility index (Phi) is 2.93. The van der Waals surface area contributed by atoms with E-state index in [1.165, 1.54) is 28.4 Å². The Hall–Kier alpha value is -2.47. The number of benzene rings is 2. The Labute approximate surface area is 132 Å². The fraction of sp³-hybridized carbons (Fsp3) is 0.118. The number of alkyl halides is 1. The molecule has 1 heterocycles. The normalized spacial score (nSPS) is 17.6. The van der Waals surface area contributed by atoms with Crippen LogP contribution in [0, 0.1) is 0 Å². The molecule has 0 bridgehead atoms. The van der Waals surface area contributed by atoms with Crippen molar-refractivity contribution in [2.24, 2.45) is 0 Å². The number of Topliss-reactive ketones (excluding diaryl/α,β-unsaturated/α-hetero) is 1. The van der Waals surface area contributed by atoms with E-state index in [1.807, 2.05) is 0 Å². The molecule has 4 nitrogen and oxygen atoms in total. The summed E-state index contributed by atoms with van der Waals surface area (Å²) in [6, 6.07) is 12.8. The Morgan fingerprint density at radius 2 is 1.78 bits per heavy atom. The van der Waals surface area contributed by atoms with Gasteiger partial charge in [0.25, 0.3) is 10.0 Å². The summed E-state index contributed by atoms with van der Waals surface area (Å²) < 4.78 is 40.4. The van der Waals surface area contributed by atoms with Gasteiger partial charge < -0.3 is 0 Å². The molecule has 1 aliphatic rings. The maximum Gasteiger partial charge on any atom is 0.268 e. The van der Waals surface area contributed by atoms with Crippen LogP contribution in [0.15, 0.2) is 59.6 Å². The zero-order valence-corrected chi connectivity index (χ0v) is 12.8. The highest BCUT2D eigenvalue weighted by atomic mass is 32.2. The maximum atomic E-state index is 13.7. The number of carbonyl (C=O) groups is 1. The molecular weight excluding hydrogens is 317 g/mol. The highest BCUT2D eigenvalue weighted by molar-refractivity contribution is 7.90. The van der Waals surface area contributed by atoms with E-state index in [0.29, 0.717) is 22.0 Å². The van der Waals surface area contributed by atoms with E-state index in [1.54, 1.807) is 30.3 Å². The van der Waals surface area contributed by atoms with Crippen molar-refractivity contribution in [1.82, 2.24) is 3.97 Å². The molecule has 1 atom stereocenters. The minimum atomic E-state index is -3.73. The maximum absolute atomic E-state index is 13.7. The van der Waals surface area contributed by atoms with Crippen LogP contribution in [0.3, 0.4) is 0 Å². The molecule has 116 valence electrons. The van der Waals surface area contributed by atoms with Crippen molar-refractivity contribution in [2.75, 3.05) is 0 Å². The molecular formula is C17H12FNO3S. The topological polar surface area (TPSA) is 56.1 Å². The van der Waals surface area contributed by atoms with Crippen LogP contribution in [0.1, 0.15) is 15.9 Å². The van der Waals surface area contributed by atoms with Crippen LogP contribution >= 0.6 is 0 Å². The van der Waals surface area contributed by atoms with Gasteiger partial charge in [-0.15, -0.1) is 0 Å². The van der Waals surface area contributed by atoms with Crippen molar-refractivity contribution in [3.05, 3.63) is 65.9 Å². The predicted molar refractivity (Wildman–Crippen MR) is 83.9 cm³/mol. The molecule has 3 aromatic rings. The zero-order valence-electron chi connectivity index (χ0n) is 11.9. The molecule has 1 unspecified atom stereocenters. The van der Waals surface area contributed by atoms with E-state index >= 15 is 0 Å². The molecule has 0 radical (unpaired) electrons. The summed E-state index contributed by atoms with van der Waals surface area (Å²) in [5.74, 6) is -0.527. The number of halogens is 1. The van der Waals surface area contributed by atoms with Gasteiger partial charge in [-0.05, 0) is 35.9 Å². The van der Waals surface area contributed by atoms with Crippen LogP contribution in [-0.2, 0) is 16.4 Å². The first-order chi connectivity index (χ1) is 11.0. The average molecular weight is 329 g/mol. The lowest BCUT2D eigenvalue weighted by molar-refractivity contribution is 0.0899. The molecule has 0 fully saturated rings. The van der Waals surface area contributed by atoms with Crippen molar-refractivity contribution >= 4 is 26.7 Å². The summed E-state index contributed by atoms with van der Waals surface area (Å²) in [6.45, 7) is 0. The largest absolute Gasteiger partial charge is 0.291 e. The van der Waals surface area contributed by atoms with Gasteiger partial charge in [0, 0.05) is 23.6 Å². The monoisotopic (exact) mass is 329 g/mol. The van der Waals surface area contributed by atoms with Crippen LogP contribution in [0.25, 0.3) is 10.9 Å². The molecule has 1 aliphatic carbocycles. The number of hydrogen-bond acceptors (Lipinski definition) is 3. The van der Waals surface area contributed by atoms with Crippen LogP contribution in [0.4, 0.5) is 4.39 Å². The molecule has 0 saturated carbocycles. The third-order valence-corrected chi connectivity index (χ3v) is 5.89. The molecule has 4 rings (SSSR count). The van der Waals surface area contributed by atoms with Crippen LogP contribution in [0.2, 0.25) is 0 Å². The summed E-state index contributed by atoms with van der Waals surface area (Å²) in [5, 5.41) is 0.607. The van der Waals surface area contributed by atoms with Gasteiger partial charge in [-0.3, -0.25) is 4.79 Å². The van der Waals surface area contributed by atoms with Crippen LogP contribution in [-0.4, -0.2) is 24.3 Å². The first kappa shape index (κ1) is 14.1. The summed E-state index contributed by atoms with van der Waals surface area (Å²) in [4.78, 5) is 11.9. The molecule has 0 spiro atoms. The van der Waals surface area contributed by atoms with Gasteiger partial charge in [-0.2, -0.15) is 0 Å². The second kappa shape index (κ2) is 4.76. The Morgan fingerprint density at radius 3 is 2.52 bits per heavy atom. The Balaban J connectivity index is 1.95. The standard InChI is InChI=1S/C17H12FNO3S/c18-15-10-14-12-8-9-19(16(12)7-6-13(14)17(15)20)23(21,22)11-4-2-1-3-5-11/h1-9,15H,10H2. The minimum Gasteiger partial charge on any atom is -0.291 e. The lowest BCUT2D eigenvalue weighted by atomic mass is 10.1. The van der Waals surface area contributed by atoms with Gasteiger partial charge in [0.2, 0.25) is 0 Å². The number of hydrogen-bond donors (Lipinski definition) is 0. The van der Waals surface area contributed by atoms with Crippen molar-refractivity contribution in [3.63, 3.8) is 0 Å². The number of carbonyl (C=O) groups excluding carboxylic acids is 1. The molecule has 0 amide bonds. The first-order valence-corrected chi connectivity index (χ1v) is 8.56. The van der Waals surface area contributed by atoms with Crippen molar-refractivity contribution < 1.29 is 17.6 Å². The smallest absolute Gasteiger partial charge is 0.268 e. The molecule has 0 N–H and O–H groups in total. The summed E-state index contributed by atoms with van der Waals surface area (Å²) >= 11 is 0. The summed E-state index contributed by atoms with van der Waals surface area (Å²) in [7, 11) is -3.73. The van der Waals surface area contributed by atoms with Crippen LogP contribution in [0.5, 0.6) is 0 Å². The van der Waals surface area contributed by atoms with Crippen molar-refractivity contribution in [2.45, 2.75) is 17.5 Å². The fourth-order valence-electron chi connectivity index (χ4n) is 3.06. The van der Waals surface area contributed by atoms with E-state index in [2.05, 4.69) is 0 Å². The van der Waals surface area contributed by atoms with Crippen molar-refractivity contribution in [1.29, 1.82) is 0 Å². The number of ketones is 1. The number of rotatable bonds is 2. The molecule has 1 aromatic heterocycles. The summed E-state index contributed by atoms with van der Waals surface area (Å²) in [5.41, 5.74) is 1.39. The van der Waals surface area contributed by atoms with E-state index in [-0.39, 0.29) is 11.3 Å². The molecule has 2 aromatic carbocycles. The van der Waals surface area contributed by atoms with Gasteiger partial charge in [-0.25, -0.2) is 16.8 Å².